The second-order valence-corrected chi connectivity index (χ2v) is 5.23. The predicted molar refractivity (Wildman–Crippen MR) is 71.0 cm³/mol. The number of hydrogen-bond donors (Lipinski definition) is 1. The maximum Gasteiger partial charge on any atom is 0.326 e. The van der Waals surface area contributed by atoms with Crippen LogP contribution in [0.1, 0.15) is 19.8 Å². The topological polar surface area (TPSA) is 57.6 Å². The van der Waals surface area contributed by atoms with Gasteiger partial charge in [-0.25, -0.2) is 4.79 Å². The van der Waals surface area contributed by atoms with E-state index in [0.29, 0.717) is 18.6 Å². The molecule has 0 fully saturated rings. The molecular formula is C13H15NO3S. The second-order valence-electron chi connectivity index (χ2n) is 4.09. The van der Waals surface area contributed by atoms with Gasteiger partial charge in [0.2, 0.25) is 5.91 Å². The smallest absolute Gasteiger partial charge is 0.326 e. The summed E-state index contributed by atoms with van der Waals surface area (Å²) in [4.78, 5) is 25.8. The number of anilines is 1. The van der Waals surface area contributed by atoms with Crippen LogP contribution in [-0.4, -0.2) is 28.8 Å². The van der Waals surface area contributed by atoms with Gasteiger partial charge in [0, 0.05) is 17.1 Å². The molecular weight excluding hydrogens is 250 g/mol. The maximum absolute atomic E-state index is 12.1. The van der Waals surface area contributed by atoms with Crippen LogP contribution in [0, 0.1) is 0 Å². The van der Waals surface area contributed by atoms with Crippen LogP contribution >= 0.6 is 11.8 Å². The first kappa shape index (κ1) is 13.0. The van der Waals surface area contributed by atoms with E-state index in [2.05, 4.69) is 0 Å². The van der Waals surface area contributed by atoms with Gasteiger partial charge in [-0.2, -0.15) is 0 Å². The van der Waals surface area contributed by atoms with Crippen molar-refractivity contribution in [2.24, 2.45) is 0 Å². The van der Waals surface area contributed by atoms with Crippen LogP contribution in [0.5, 0.6) is 0 Å². The highest BCUT2D eigenvalue weighted by Crippen LogP contribution is 2.35. The van der Waals surface area contributed by atoms with E-state index in [-0.39, 0.29) is 5.91 Å². The first-order valence-corrected chi connectivity index (χ1v) is 6.90. The number of benzene rings is 1. The molecule has 0 radical (unpaired) electrons. The number of amides is 1. The minimum Gasteiger partial charge on any atom is -0.480 e. The molecule has 0 spiro atoms. The third-order valence-electron chi connectivity index (χ3n) is 2.95. The van der Waals surface area contributed by atoms with E-state index in [1.54, 1.807) is 18.7 Å². The van der Waals surface area contributed by atoms with E-state index < -0.39 is 12.0 Å². The van der Waals surface area contributed by atoms with Gasteiger partial charge in [-0.05, 0) is 18.6 Å². The summed E-state index contributed by atoms with van der Waals surface area (Å²) in [5, 5.41) is 9.26. The lowest BCUT2D eigenvalue weighted by Gasteiger charge is -2.28. The van der Waals surface area contributed by atoms with Gasteiger partial charge in [0.1, 0.15) is 6.04 Å². The number of carbonyl (C=O) groups is 2. The number of nitrogens with zero attached hydrogens (tertiary/aromatic N) is 1. The molecule has 4 nitrogen and oxygen atoms in total. The molecule has 1 N–H and O–H groups in total. The third-order valence-corrected chi connectivity index (χ3v) is 4.01. The number of para-hydroxylation sites is 1. The van der Waals surface area contributed by atoms with Crippen molar-refractivity contribution in [2.45, 2.75) is 30.7 Å². The minimum absolute atomic E-state index is 0.110. The normalized spacial score (nSPS) is 16.9. The van der Waals surface area contributed by atoms with Gasteiger partial charge in [-0.1, -0.05) is 19.1 Å². The number of carbonyl (C=O) groups excluding carboxylic acids is 1. The molecule has 1 heterocycles. The predicted octanol–water partition coefficient (Wildman–Crippen LogP) is 2.38. The molecule has 1 aromatic rings. The number of hydrogen-bond acceptors (Lipinski definition) is 3. The van der Waals surface area contributed by atoms with Crippen molar-refractivity contribution in [1.29, 1.82) is 0 Å². The lowest BCUT2D eigenvalue weighted by molar-refractivity contribution is -0.140. The van der Waals surface area contributed by atoms with E-state index in [4.69, 9.17) is 0 Å². The van der Waals surface area contributed by atoms with Crippen LogP contribution in [0.15, 0.2) is 29.2 Å². The van der Waals surface area contributed by atoms with E-state index >= 15 is 0 Å². The highest BCUT2D eigenvalue weighted by atomic mass is 32.2. The summed E-state index contributed by atoms with van der Waals surface area (Å²) in [6.45, 7) is 1.78. The Morgan fingerprint density at radius 2 is 2.22 bits per heavy atom. The summed E-state index contributed by atoms with van der Waals surface area (Å²) in [5.74, 6) is -0.364. The molecule has 1 amide bonds. The van der Waals surface area contributed by atoms with E-state index in [0.717, 1.165) is 10.6 Å². The van der Waals surface area contributed by atoms with Gasteiger partial charge in [0.15, 0.2) is 0 Å². The largest absolute Gasteiger partial charge is 0.480 e. The van der Waals surface area contributed by atoms with Crippen molar-refractivity contribution >= 4 is 29.3 Å². The van der Waals surface area contributed by atoms with Crippen LogP contribution < -0.4 is 4.90 Å². The Morgan fingerprint density at radius 1 is 1.50 bits per heavy atom. The molecule has 1 aromatic carbocycles. The van der Waals surface area contributed by atoms with Gasteiger partial charge in [-0.3, -0.25) is 9.69 Å². The van der Waals surface area contributed by atoms with Crippen LogP contribution in [0.2, 0.25) is 0 Å². The first-order valence-electron chi connectivity index (χ1n) is 5.92. The van der Waals surface area contributed by atoms with Crippen molar-refractivity contribution in [1.82, 2.24) is 0 Å². The fourth-order valence-corrected chi connectivity index (χ4v) is 3.08. The van der Waals surface area contributed by atoms with E-state index in [1.165, 1.54) is 4.90 Å². The second kappa shape index (κ2) is 5.44. The highest BCUT2D eigenvalue weighted by Gasteiger charge is 2.32. The molecule has 1 aliphatic rings. The number of carboxylic acids is 1. The summed E-state index contributed by atoms with van der Waals surface area (Å²) >= 11 is 1.60. The van der Waals surface area contributed by atoms with Crippen LogP contribution in [-0.2, 0) is 9.59 Å². The van der Waals surface area contributed by atoms with Gasteiger partial charge in [0.05, 0.1) is 5.69 Å². The summed E-state index contributed by atoms with van der Waals surface area (Å²) in [6.07, 6.45) is 0.781. The summed E-state index contributed by atoms with van der Waals surface area (Å²) in [5.41, 5.74) is 0.722. The van der Waals surface area contributed by atoms with Crippen molar-refractivity contribution in [3.63, 3.8) is 0 Å². The molecule has 0 saturated carbocycles. The highest BCUT2D eigenvalue weighted by molar-refractivity contribution is 7.99. The zero-order valence-corrected chi connectivity index (χ0v) is 10.9. The lowest BCUT2D eigenvalue weighted by Crippen LogP contribution is -2.45. The van der Waals surface area contributed by atoms with E-state index in [1.807, 2.05) is 24.3 Å². The molecule has 2 rings (SSSR count). The van der Waals surface area contributed by atoms with Crippen LogP contribution in [0.4, 0.5) is 5.69 Å². The van der Waals surface area contributed by atoms with Crippen molar-refractivity contribution in [3.8, 4) is 0 Å². The number of fused-ring (bicyclic) bond motifs is 1. The first-order chi connectivity index (χ1) is 8.65. The Morgan fingerprint density at radius 3 is 2.89 bits per heavy atom. The molecule has 1 aliphatic heterocycles. The van der Waals surface area contributed by atoms with Crippen molar-refractivity contribution in [3.05, 3.63) is 24.3 Å². The summed E-state index contributed by atoms with van der Waals surface area (Å²) < 4.78 is 0. The van der Waals surface area contributed by atoms with Crippen LogP contribution in [0.3, 0.4) is 0 Å². The Bertz CT molecular complexity index is 475. The van der Waals surface area contributed by atoms with Gasteiger partial charge in [0.25, 0.3) is 0 Å². The third kappa shape index (κ3) is 2.36. The van der Waals surface area contributed by atoms with Gasteiger partial charge < -0.3 is 5.11 Å². The number of thioether (sulfide) groups is 1. The number of carboxylic acid groups (broad SMARTS) is 1. The summed E-state index contributed by atoms with van der Waals surface area (Å²) in [6, 6.07) is 6.70. The van der Waals surface area contributed by atoms with E-state index in [9.17, 15) is 14.7 Å². The molecule has 1 atom stereocenters. The molecule has 18 heavy (non-hydrogen) atoms. The Labute approximate surface area is 110 Å². The Hall–Kier alpha value is -1.49. The molecule has 0 saturated heterocycles. The molecule has 5 heteroatoms. The SMILES string of the molecule is CCC(C(=O)O)N1C(=O)CCSc2ccccc21. The molecule has 0 aromatic heterocycles. The monoisotopic (exact) mass is 265 g/mol. The number of rotatable bonds is 3. The van der Waals surface area contributed by atoms with Crippen molar-refractivity contribution < 1.29 is 14.7 Å². The maximum atomic E-state index is 12.1. The van der Waals surface area contributed by atoms with Crippen molar-refractivity contribution in [2.75, 3.05) is 10.7 Å². The van der Waals surface area contributed by atoms with Gasteiger partial charge in [-0.15, -0.1) is 11.8 Å². The molecule has 96 valence electrons. The van der Waals surface area contributed by atoms with Crippen LogP contribution in [0.25, 0.3) is 0 Å². The minimum atomic E-state index is -0.951. The summed E-state index contributed by atoms with van der Waals surface area (Å²) in [7, 11) is 0. The standard InChI is InChI=1S/C13H15NO3S/c1-2-9(13(16)17)14-10-5-3-4-6-11(10)18-8-7-12(14)15/h3-6,9H,2,7-8H2,1H3,(H,16,17). The number of aliphatic carboxylic acids is 1. The molecule has 0 bridgehead atoms. The molecule has 1 unspecified atom stereocenters. The Kier molecular flexibility index (Phi) is 3.91. The Balaban J connectivity index is 2.48. The zero-order valence-electron chi connectivity index (χ0n) is 10.1. The fraction of sp³-hybridized carbons (Fsp3) is 0.385. The average Bonchev–Trinajstić information content (AvgIpc) is 2.50. The molecule has 0 aliphatic carbocycles. The van der Waals surface area contributed by atoms with Gasteiger partial charge >= 0.3 is 5.97 Å². The average molecular weight is 265 g/mol. The fourth-order valence-electron chi connectivity index (χ4n) is 2.09. The quantitative estimate of drug-likeness (QED) is 0.911. The lowest BCUT2D eigenvalue weighted by atomic mass is 10.1. The zero-order chi connectivity index (χ0) is 13.1.